The summed E-state index contributed by atoms with van der Waals surface area (Å²) >= 11 is 5.90. The van der Waals surface area contributed by atoms with Crippen molar-refractivity contribution in [2.75, 3.05) is 6.61 Å². The lowest BCUT2D eigenvalue weighted by molar-refractivity contribution is -0.121. The van der Waals surface area contributed by atoms with Crippen molar-refractivity contribution in [2.45, 2.75) is 37.6 Å². The molecule has 0 aliphatic rings. The van der Waals surface area contributed by atoms with Gasteiger partial charge in [0.25, 0.3) is 0 Å². The van der Waals surface area contributed by atoms with E-state index in [1.165, 1.54) is 12.1 Å². The van der Waals surface area contributed by atoms with E-state index in [1.54, 1.807) is 31.2 Å². The number of nitrogens with one attached hydrogen (secondary N) is 1. The Kier molecular flexibility index (Phi) is 7.24. The number of carbonyl (C=O) groups excluding carboxylic acids is 1. The lowest BCUT2D eigenvalue weighted by Crippen LogP contribution is -2.27. The second kappa shape index (κ2) is 9.21. The van der Waals surface area contributed by atoms with Gasteiger partial charge in [0.2, 0.25) is 15.9 Å². The van der Waals surface area contributed by atoms with Gasteiger partial charge >= 0.3 is 0 Å². The molecule has 0 spiro atoms. The lowest BCUT2D eigenvalue weighted by atomic mass is 10.1. The molecule has 0 aliphatic heterocycles. The van der Waals surface area contributed by atoms with Crippen LogP contribution in [0, 0.1) is 6.92 Å². The monoisotopic (exact) mass is 410 g/mol. The Bertz CT molecular complexity index is 916. The van der Waals surface area contributed by atoms with Gasteiger partial charge in [-0.2, -0.15) is 0 Å². The zero-order chi connectivity index (χ0) is 20.0. The third-order valence-corrected chi connectivity index (χ3v) is 5.15. The Morgan fingerprint density at radius 1 is 1.26 bits per heavy atom. The highest BCUT2D eigenvalue weighted by Crippen LogP contribution is 2.22. The van der Waals surface area contributed by atoms with Gasteiger partial charge in [-0.1, -0.05) is 23.7 Å². The molecule has 0 bridgehead atoms. The van der Waals surface area contributed by atoms with E-state index in [4.69, 9.17) is 21.5 Å². The van der Waals surface area contributed by atoms with Crippen LogP contribution in [0.1, 0.15) is 36.9 Å². The third-order valence-electron chi connectivity index (χ3n) is 4.01. The minimum absolute atomic E-state index is 0.0211. The van der Waals surface area contributed by atoms with Crippen molar-refractivity contribution in [3.63, 3.8) is 0 Å². The lowest BCUT2D eigenvalue weighted by Gasteiger charge is -2.15. The Morgan fingerprint density at radius 2 is 2.00 bits per heavy atom. The van der Waals surface area contributed by atoms with Gasteiger partial charge < -0.3 is 10.1 Å². The van der Waals surface area contributed by atoms with Crippen molar-refractivity contribution in [3.8, 4) is 5.75 Å². The summed E-state index contributed by atoms with van der Waals surface area (Å²) < 4.78 is 28.5. The molecular weight excluding hydrogens is 388 g/mol. The first-order valence-electron chi connectivity index (χ1n) is 8.48. The Balaban J connectivity index is 1.81. The number of aryl methyl sites for hydroxylation is 1. The number of rotatable bonds is 8. The first kappa shape index (κ1) is 21.2. The van der Waals surface area contributed by atoms with Crippen molar-refractivity contribution >= 4 is 27.5 Å². The molecule has 2 rings (SSSR count). The predicted molar refractivity (Wildman–Crippen MR) is 105 cm³/mol. The van der Waals surface area contributed by atoms with Crippen LogP contribution in [0.2, 0.25) is 5.02 Å². The van der Waals surface area contributed by atoms with Crippen LogP contribution in [0.25, 0.3) is 0 Å². The number of amides is 1. The number of primary sulfonamides is 1. The zero-order valence-corrected chi connectivity index (χ0v) is 16.8. The molecule has 0 heterocycles. The van der Waals surface area contributed by atoms with Crippen LogP contribution < -0.4 is 15.2 Å². The molecule has 0 fully saturated rings. The Labute approximate surface area is 164 Å². The van der Waals surface area contributed by atoms with Gasteiger partial charge in [0.05, 0.1) is 17.5 Å². The molecule has 6 nitrogen and oxygen atoms in total. The molecule has 27 heavy (non-hydrogen) atoms. The quantitative estimate of drug-likeness (QED) is 0.652. The van der Waals surface area contributed by atoms with Gasteiger partial charge in [0.1, 0.15) is 5.75 Å². The number of nitrogens with two attached hydrogens (primary N) is 1. The molecule has 2 aromatic carbocycles. The Morgan fingerprint density at radius 3 is 2.67 bits per heavy atom. The maximum atomic E-state index is 12.1. The van der Waals surface area contributed by atoms with Crippen LogP contribution in [-0.4, -0.2) is 20.9 Å². The average Bonchev–Trinajstić information content (AvgIpc) is 2.59. The zero-order valence-electron chi connectivity index (χ0n) is 15.2. The summed E-state index contributed by atoms with van der Waals surface area (Å²) in [6.07, 6.45) is 0.851. The van der Waals surface area contributed by atoms with Crippen LogP contribution in [0.3, 0.4) is 0 Å². The summed E-state index contributed by atoms with van der Waals surface area (Å²) in [4.78, 5) is 12.1. The van der Waals surface area contributed by atoms with Gasteiger partial charge in [-0.3, -0.25) is 4.79 Å². The molecule has 0 aliphatic carbocycles. The van der Waals surface area contributed by atoms with Crippen LogP contribution in [-0.2, 0) is 14.8 Å². The fourth-order valence-electron chi connectivity index (χ4n) is 2.55. The van der Waals surface area contributed by atoms with Crippen molar-refractivity contribution in [1.29, 1.82) is 0 Å². The van der Waals surface area contributed by atoms with Gasteiger partial charge in [0, 0.05) is 11.4 Å². The van der Waals surface area contributed by atoms with Crippen molar-refractivity contribution in [3.05, 3.63) is 58.6 Å². The number of benzene rings is 2. The van der Waals surface area contributed by atoms with E-state index in [0.717, 1.165) is 11.3 Å². The maximum absolute atomic E-state index is 12.1. The molecule has 146 valence electrons. The second-order valence-electron chi connectivity index (χ2n) is 6.27. The molecule has 3 N–H and O–H groups in total. The highest BCUT2D eigenvalue weighted by Gasteiger charge is 2.13. The van der Waals surface area contributed by atoms with E-state index in [0.29, 0.717) is 30.0 Å². The van der Waals surface area contributed by atoms with E-state index in [-0.39, 0.29) is 16.8 Å². The van der Waals surface area contributed by atoms with Crippen LogP contribution in [0.5, 0.6) is 5.75 Å². The number of carbonyl (C=O) groups is 1. The predicted octanol–water partition coefficient (Wildman–Crippen LogP) is 3.33. The number of sulfonamides is 1. The molecule has 1 amide bonds. The maximum Gasteiger partial charge on any atom is 0.238 e. The summed E-state index contributed by atoms with van der Waals surface area (Å²) in [6, 6.07) is 11.3. The van der Waals surface area contributed by atoms with E-state index in [1.807, 2.05) is 13.0 Å². The normalized spacial score (nSPS) is 12.4. The molecule has 8 heteroatoms. The van der Waals surface area contributed by atoms with Crippen molar-refractivity contribution in [2.24, 2.45) is 5.14 Å². The smallest absolute Gasteiger partial charge is 0.238 e. The summed E-state index contributed by atoms with van der Waals surface area (Å²) in [6.45, 7) is 4.10. The summed E-state index contributed by atoms with van der Waals surface area (Å²) in [5.41, 5.74) is 1.61. The standard InChI is InChI=1S/C19H23ClN2O4S/c1-13-11-16(20)8-9-18(13)26-10-4-7-19(23)22-14(2)15-5-3-6-17(12-15)27(21,24)25/h3,5-6,8-9,11-12,14H,4,7,10H2,1-2H3,(H,22,23)(H2,21,24,25). The van der Waals surface area contributed by atoms with Crippen LogP contribution in [0.15, 0.2) is 47.4 Å². The number of hydrogen-bond acceptors (Lipinski definition) is 4. The molecule has 0 saturated heterocycles. The number of halogens is 1. The third kappa shape index (κ3) is 6.53. The highest BCUT2D eigenvalue weighted by molar-refractivity contribution is 7.89. The molecule has 1 unspecified atom stereocenters. The highest BCUT2D eigenvalue weighted by atomic mass is 35.5. The fourth-order valence-corrected chi connectivity index (χ4v) is 3.34. The van der Waals surface area contributed by atoms with E-state index >= 15 is 0 Å². The summed E-state index contributed by atoms with van der Waals surface area (Å²) in [5, 5.41) is 8.64. The summed E-state index contributed by atoms with van der Waals surface area (Å²) in [5.74, 6) is 0.605. The largest absolute Gasteiger partial charge is 0.493 e. The van der Waals surface area contributed by atoms with Crippen LogP contribution >= 0.6 is 11.6 Å². The SMILES string of the molecule is Cc1cc(Cl)ccc1OCCCC(=O)NC(C)c1cccc(S(N)(=O)=O)c1. The van der Waals surface area contributed by atoms with Gasteiger partial charge in [-0.15, -0.1) is 0 Å². The first-order chi connectivity index (χ1) is 12.7. The van der Waals surface area contributed by atoms with Crippen LogP contribution in [0.4, 0.5) is 0 Å². The van der Waals surface area contributed by atoms with Gasteiger partial charge in [-0.25, -0.2) is 13.6 Å². The van der Waals surface area contributed by atoms with Gasteiger partial charge in [-0.05, 0) is 61.7 Å². The molecule has 0 saturated carbocycles. The topological polar surface area (TPSA) is 98.5 Å². The molecule has 1 atom stereocenters. The molecule has 2 aromatic rings. The van der Waals surface area contributed by atoms with Crippen molar-refractivity contribution < 1.29 is 17.9 Å². The van der Waals surface area contributed by atoms with E-state index in [2.05, 4.69) is 5.32 Å². The molecule has 0 radical (unpaired) electrons. The molecule has 0 aromatic heterocycles. The van der Waals surface area contributed by atoms with E-state index in [9.17, 15) is 13.2 Å². The number of hydrogen-bond donors (Lipinski definition) is 2. The minimum atomic E-state index is -3.78. The fraction of sp³-hybridized carbons (Fsp3) is 0.316. The first-order valence-corrected chi connectivity index (χ1v) is 10.4. The van der Waals surface area contributed by atoms with E-state index < -0.39 is 10.0 Å². The summed E-state index contributed by atoms with van der Waals surface area (Å²) in [7, 11) is -3.78. The average molecular weight is 411 g/mol. The number of ether oxygens (including phenoxy) is 1. The molecular formula is C19H23ClN2O4S. The van der Waals surface area contributed by atoms with Gasteiger partial charge in [0.15, 0.2) is 0 Å². The van der Waals surface area contributed by atoms with Crippen molar-refractivity contribution in [1.82, 2.24) is 5.32 Å². The second-order valence-corrected chi connectivity index (χ2v) is 8.27. The Hall–Kier alpha value is -2.09. The minimum Gasteiger partial charge on any atom is -0.493 e.